The van der Waals surface area contributed by atoms with Crippen molar-refractivity contribution in [3.63, 3.8) is 0 Å². The Labute approximate surface area is 152 Å². The molecule has 2 aromatic rings. The minimum absolute atomic E-state index is 0.122. The van der Waals surface area contributed by atoms with Gasteiger partial charge in [-0.3, -0.25) is 9.59 Å². The Morgan fingerprint density at radius 3 is 2.36 bits per heavy atom. The van der Waals surface area contributed by atoms with E-state index in [-0.39, 0.29) is 24.9 Å². The molecule has 134 valence electrons. The SMILES string of the molecule is Cc1nn(-c2ccc(Cl)cc2)c(C)c1CC(=O)N(CC(=O)O)C(C)C. The number of hydrogen-bond acceptors (Lipinski definition) is 3. The highest BCUT2D eigenvalue weighted by atomic mass is 35.5. The Morgan fingerprint density at radius 2 is 1.84 bits per heavy atom. The molecular weight excluding hydrogens is 342 g/mol. The van der Waals surface area contributed by atoms with Crippen molar-refractivity contribution in [2.45, 2.75) is 40.2 Å². The minimum Gasteiger partial charge on any atom is -0.480 e. The number of carbonyl (C=O) groups excluding carboxylic acids is 1. The summed E-state index contributed by atoms with van der Waals surface area (Å²) in [6, 6.07) is 7.10. The van der Waals surface area contributed by atoms with E-state index in [1.165, 1.54) is 4.90 Å². The molecule has 0 radical (unpaired) electrons. The number of nitrogens with zero attached hydrogens (tertiary/aromatic N) is 3. The molecule has 2 rings (SSSR count). The van der Waals surface area contributed by atoms with Crippen LogP contribution in [0.15, 0.2) is 24.3 Å². The molecule has 1 aromatic carbocycles. The standard InChI is InChI=1S/C18H22ClN3O3/c1-11(2)21(10-18(24)25)17(23)9-16-12(3)20-22(13(16)4)15-7-5-14(19)6-8-15/h5-8,11H,9-10H2,1-4H3,(H,24,25). The third-order valence-corrected chi connectivity index (χ3v) is 4.34. The number of rotatable bonds is 6. The zero-order valence-corrected chi connectivity index (χ0v) is 15.5. The molecule has 0 aliphatic heterocycles. The van der Waals surface area contributed by atoms with Crippen LogP contribution in [0.5, 0.6) is 0 Å². The zero-order valence-electron chi connectivity index (χ0n) is 14.8. The summed E-state index contributed by atoms with van der Waals surface area (Å²) in [5.41, 5.74) is 3.28. The summed E-state index contributed by atoms with van der Waals surface area (Å²) in [4.78, 5) is 25.0. The quantitative estimate of drug-likeness (QED) is 0.856. The lowest BCUT2D eigenvalue weighted by atomic mass is 10.1. The molecule has 1 N–H and O–H groups in total. The van der Waals surface area contributed by atoms with Gasteiger partial charge in [0.15, 0.2) is 0 Å². The number of carbonyl (C=O) groups is 2. The Hall–Kier alpha value is -2.34. The number of halogens is 1. The maximum Gasteiger partial charge on any atom is 0.323 e. The van der Waals surface area contributed by atoms with Crippen molar-refractivity contribution in [2.24, 2.45) is 0 Å². The van der Waals surface area contributed by atoms with Crippen molar-refractivity contribution >= 4 is 23.5 Å². The maximum absolute atomic E-state index is 12.6. The molecule has 0 unspecified atom stereocenters. The first kappa shape index (κ1) is 19.0. The van der Waals surface area contributed by atoms with Crippen LogP contribution in [0.1, 0.15) is 30.8 Å². The number of carboxylic acids is 1. The van der Waals surface area contributed by atoms with Crippen molar-refractivity contribution in [3.8, 4) is 5.69 Å². The second kappa shape index (κ2) is 7.70. The molecule has 0 bridgehead atoms. The second-order valence-electron chi connectivity index (χ2n) is 6.22. The van der Waals surface area contributed by atoms with Gasteiger partial charge in [0.2, 0.25) is 5.91 Å². The molecule has 0 saturated carbocycles. The van der Waals surface area contributed by atoms with Gasteiger partial charge in [-0.15, -0.1) is 0 Å². The molecule has 0 atom stereocenters. The first-order valence-electron chi connectivity index (χ1n) is 8.03. The molecule has 0 aliphatic rings. The summed E-state index contributed by atoms with van der Waals surface area (Å²) in [6.07, 6.45) is 0.122. The average molecular weight is 364 g/mol. The fraction of sp³-hybridized carbons (Fsp3) is 0.389. The molecular formula is C18H22ClN3O3. The largest absolute Gasteiger partial charge is 0.480 e. The molecule has 0 saturated heterocycles. The number of benzene rings is 1. The number of aliphatic carboxylic acids is 1. The van der Waals surface area contributed by atoms with Gasteiger partial charge in [0.05, 0.1) is 17.8 Å². The van der Waals surface area contributed by atoms with Crippen LogP contribution in [0.2, 0.25) is 5.02 Å². The van der Waals surface area contributed by atoms with Crippen LogP contribution in [-0.2, 0) is 16.0 Å². The van der Waals surface area contributed by atoms with Gasteiger partial charge in [0, 0.05) is 22.3 Å². The number of aromatic nitrogens is 2. The van der Waals surface area contributed by atoms with Crippen molar-refractivity contribution in [3.05, 3.63) is 46.2 Å². The lowest BCUT2D eigenvalue weighted by Gasteiger charge is -2.25. The van der Waals surface area contributed by atoms with Gasteiger partial charge in [0.25, 0.3) is 0 Å². The van der Waals surface area contributed by atoms with E-state index in [0.717, 1.165) is 22.6 Å². The fourth-order valence-corrected chi connectivity index (χ4v) is 2.85. The normalized spacial score (nSPS) is 11.0. The van der Waals surface area contributed by atoms with Crippen LogP contribution in [0, 0.1) is 13.8 Å². The minimum atomic E-state index is -1.02. The van der Waals surface area contributed by atoms with E-state index >= 15 is 0 Å². The summed E-state index contributed by atoms with van der Waals surface area (Å²) in [5.74, 6) is -1.24. The van der Waals surface area contributed by atoms with E-state index in [1.54, 1.807) is 30.7 Å². The number of amides is 1. The highest BCUT2D eigenvalue weighted by molar-refractivity contribution is 6.30. The molecule has 6 nitrogen and oxygen atoms in total. The molecule has 0 fully saturated rings. The Bertz CT molecular complexity index is 782. The van der Waals surface area contributed by atoms with Crippen molar-refractivity contribution in [2.75, 3.05) is 6.54 Å². The van der Waals surface area contributed by atoms with Gasteiger partial charge in [-0.1, -0.05) is 11.6 Å². The average Bonchev–Trinajstić information content (AvgIpc) is 2.81. The van der Waals surface area contributed by atoms with E-state index in [2.05, 4.69) is 5.10 Å². The smallest absolute Gasteiger partial charge is 0.323 e. The maximum atomic E-state index is 12.6. The first-order valence-corrected chi connectivity index (χ1v) is 8.40. The summed E-state index contributed by atoms with van der Waals surface area (Å²) >= 11 is 5.92. The van der Waals surface area contributed by atoms with E-state index < -0.39 is 5.97 Å². The lowest BCUT2D eigenvalue weighted by molar-refractivity contribution is -0.145. The van der Waals surface area contributed by atoms with Crippen LogP contribution in [0.3, 0.4) is 0 Å². The fourth-order valence-electron chi connectivity index (χ4n) is 2.72. The lowest BCUT2D eigenvalue weighted by Crippen LogP contribution is -2.41. The first-order chi connectivity index (χ1) is 11.7. The highest BCUT2D eigenvalue weighted by Crippen LogP contribution is 2.21. The van der Waals surface area contributed by atoms with Crippen LogP contribution >= 0.6 is 11.6 Å². The van der Waals surface area contributed by atoms with Gasteiger partial charge in [-0.25, -0.2) is 4.68 Å². The van der Waals surface area contributed by atoms with E-state index in [1.807, 2.05) is 26.0 Å². The summed E-state index contributed by atoms with van der Waals surface area (Å²) in [6.45, 7) is 7.04. The van der Waals surface area contributed by atoms with Crippen LogP contribution in [0.4, 0.5) is 0 Å². The summed E-state index contributed by atoms with van der Waals surface area (Å²) in [5, 5.41) is 14.2. The van der Waals surface area contributed by atoms with E-state index in [4.69, 9.17) is 16.7 Å². The summed E-state index contributed by atoms with van der Waals surface area (Å²) < 4.78 is 1.77. The molecule has 1 heterocycles. The molecule has 0 aliphatic carbocycles. The monoisotopic (exact) mass is 363 g/mol. The molecule has 0 spiro atoms. The van der Waals surface area contributed by atoms with Gasteiger partial charge in [-0.05, 0) is 52.0 Å². The molecule has 1 amide bonds. The van der Waals surface area contributed by atoms with E-state index in [9.17, 15) is 9.59 Å². The predicted molar refractivity (Wildman–Crippen MR) is 96.2 cm³/mol. The van der Waals surface area contributed by atoms with E-state index in [0.29, 0.717) is 5.02 Å². The zero-order chi connectivity index (χ0) is 18.7. The number of aryl methyl sites for hydroxylation is 1. The van der Waals surface area contributed by atoms with Gasteiger partial charge in [-0.2, -0.15) is 5.10 Å². The topological polar surface area (TPSA) is 75.4 Å². The Morgan fingerprint density at radius 1 is 1.24 bits per heavy atom. The Balaban J connectivity index is 2.29. The molecule has 7 heteroatoms. The van der Waals surface area contributed by atoms with Crippen LogP contribution in [0.25, 0.3) is 5.69 Å². The second-order valence-corrected chi connectivity index (χ2v) is 6.66. The third-order valence-electron chi connectivity index (χ3n) is 4.09. The van der Waals surface area contributed by atoms with Crippen molar-refractivity contribution < 1.29 is 14.7 Å². The van der Waals surface area contributed by atoms with Crippen molar-refractivity contribution in [1.29, 1.82) is 0 Å². The van der Waals surface area contributed by atoms with Gasteiger partial charge < -0.3 is 10.0 Å². The predicted octanol–water partition coefficient (Wildman–Crippen LogP) is 3.01. The Kier molecular flexibility index (Phi) is 5.85. The third kappa shape index (κ3) is 4.39. The van der Waals surface area contributed by atoms with Gasteiger partial charge >= 0.3 is 5.97 Å². The van der Waals surface area contributed by atoms with Gasteiger partial charge in [0.1, 0.15) is 6.54 Å². The number of hydrogen-bond donors (Lipinski definition) is 1. The van der Waals surface area contributed by atoms with Crippen molar-refractivity contribution in [1.82, 2.24) is 14.7 Å². The summed E-state index contributed by atoms with van der Waals surface area (Å²) in [7, 11) is 0. The highest BCUT2D eigenvalue weighted by Gasteiger charge is 2.23. The molecule has 1 aromatic heterocycles. The van der Waals surface area contributed by atoms with Crippen LogP contribution < -0.4 is 0 Å². The molecule has 25 heavy (non-hydrogen) atoms. The van der Waals surface area contributed by atoms with Crippen LogP contribution in [-0.4, -0.2) is 44.3 Å². The number of carboxylic acid groups (broad SMARTS) is 1.